The molecule has 0 aromatic heterocycles. The summed E-state index contributed by atoms with van der Waals surface area (Å²) < 4.78 is 5.61. The molecule has 0 fully saturated rings. The van der Waals surface area contributed by atoms with Crippen LogP contribution in [0.3, 0.4) is 0 Å². The van der Waals surface area contributed by atoms with Crippen LogP contribution in [0.2, 0.25) is 5.02 Å². The molecular weight excluding hydrogens is 288 g/mol. The van der Waals surface area contributed by atoms with E-state index >= 15 is 0 Å². The van der Waals surface area contributed by atoms with Crippen molar-refractivity contribution < 1.29 is 14.6 Å². The number of hydrogen-bond donors (Lipinski definition) is 1. The second kappa shape index (κ2) is 6.64. The highest BCUT2D eigenvalue weighted by Gasteiger charge is 2.21. The van der Waals surface area contributed by atoms with Gasteiger partial charge in [-0.2, -0.15) is 0 Å². The van der Waals surface area contributed by atoms with Crippen molar-refractivity contribution in [3.8, 4) is 5.75 Å². The maximum Gasteiger partial charge on any atom is 0.345 e. The summed E-state index contributed by atoms with van der Waals surface area (Å²) in [5.41, 5.74) is 2.79. The fourth-order valence-electron chi connectivity index (χ4n) is 2.11. The fraction of sp³-hybridized carbons (Fsp3) is 0.235. The van der Waals surface area contributed by atoms with E-state index in [2.05, 4.69) is 0 Å². The van der Waals surface area contributed by atoms with Crippen molar-refractivity contribution in [3.63, 3.8) is 0 Å². The number of carboxylic acid groups (broad SMARTS) is 1. The van der Waals surface area contributed by atoms with Gasteiger partial charge in [-0.15, -0.1) is 0 Å². The largest absolute Gasteiger partial charge is 0.478 e. The number of halogens is 1. The lowest BCUT2D eigenvalue weighted by molar-refractivity contribution is -0.145. The zero-order valence-electron chi connectivity index (χ0n) is 12.0. The van der Waals surface area contributed by atoms with Crippen LogP contribution in [0.4, 0.5) is 0 Å². The van der Waals surface area contributed by atoms with Gasteiger partial charge in [0.15, 0.2) is 6.10 Å². The van der Waals surface area contributed by atoms with Crippen LogP contribution in [-0.4, -0.2) is 17.2 Å². The van der Waals surface area contributed by atoms with E-state index in [0.717, 1.165) is 16.7 Å². The zero-order chi connectivity index (χ0) is 15.4. The molecule has 0 spiro atoms. The van der Waals surface area contributed by atoms with Crippen molar-refractivity contribution in [2.45, 2.75) is 26.4 Å². The van der Waals surface area contributed by atoms with E-state index in [1.807, 2.05) is 44.2 Å². The van der Waals surface area contributed by atoms with Crippen molar-refractivity contribution in [3.05, 3.63) is 64.2 Å². The molecule has 0 heterocycles. The van der Waals surface area contributed by atoms with Crippen LogP contribution in [0.15, 0.2) is 42.5 Å². The van der Waals surface area contributed by atoms with Crippen LogP contribution in [0.5, 0.6) is 5.75 Å². The van der Waals surface area contributed by atoms with Gasteiger partial charge in [-0.1, -0.05) is 35.9 Å². The standard InChI is InChI=1S/C17H17ClO3/c1-11-5-3-7-14(9-11)21-16(17(19)20)10-13-6-4-8-15(18)12(13)2/h3-9,16H,10H2,1-2H3,(H,19,20)/t16-/m0/s1. The van der Waals surface area contributed by atoms with E-state index in [1.165, 1.54) is 0 Å². The number of hydrogen-bond acceptors (Lipinski definition) is 2. The first-order valence-corrected chi connectivity index (χ1v) is 7.05. The molecule has 0 unspecified atom stereocenters. The average Bonchev–Trinajstić information content (AvgIpc) is 2.43. The SMILES string of the molecule is Cc1cccc(O[C@@H](Cc2cccc(Cl)c2C)C(=O)O)c1. The number of benzene rings is 2. The van der Waals surface area contributed by atoms with Gasteiger partial charge in [0, 0.05) is 11.4 Å². The van der Waals surface area contributed by atoms with E-state index < -0.39 is 12.1 Å². The summed E-state index contributed by atoms with van der Waals surface area (Å²) in [6, 6.07) is 12.8. The zero-order valence-corrected chi connectivity index (χ0v) is 12.7. The van der Waals surface area contributed by atoms with Crippen molar-refractivity contribution in [2.24, 2.45) is 0 Å². The molecular formula is C17H17ClO3. The van der Waals surface area contributed by atoms with Gasteiger partial charge in [-0.05, 0) is 48.7 Å². The molecule has 1 atom stereocenters. The molecule has 0 aliphatic rings. The van der Waals surface area contributed by atoms with Gasteiger partial charge in [0.25, 0.3) is 0 Å². The van der Waals surface area contributed by atoms with Crippen LogP contribution >= 0.6 is 11.6 Å². The predicted octanol–water partition coefficient (Wildman–Crippen LogP) is 4.03. The highest BCUT2D eigenvalue weighted by molar-refractivity contribution is 6.31. The molecule has 2 aromatic rings. The molecule has 0 bridgehead atoms. The van der Waals surface area contributed by atoms with E-state index in [1.54, 1.807) is 12.1 Å². The molecule has 0 amide bonds. The molecule has 0 saturated carbocycles. The minimum Gasteiger partial charge on any atom is -0.478 e. The Balaban J connectivity index is 2.20. The molecule has 4 heteroatoms. The summed E-state index contributed by atoms with van der Waals surface area (Å²) in [7, 11) is 0. The lowest BCUT2D eigenvalue weighted by Crippen LogP contribution is -2.29. The van der Waals surface area contributed by atoms with Crippen LogP contribution < -0.4 is 4.74 Å². The van der Waals surface area contributed by atoms with Gasteiger partial charge in [0.2, 0.25) is 0 Å². The van der Waals surface area contributed by atoms with E-state index in [-0.39, 0.29) is 6.42 Å². The fourth-order valence-corrected chi connectivity index (χ4v) is 2.30. The van der Waals surface area contributed by atoms with E-state index in [9.17, 15) is 9.90 Å². The van der Waals surface area contributed by atoms with Crippen molar-refractivity contribution in [2.75, 3.05) is 0 Å². The second-order valence-corrected chi connectivity index (χ2v) is 5.40. The molecule has 0 aliphatic carbocycles. The maximum atomic E-state index is 11.4. The van der Waals surface area contributed by atoms with Gasteiger partial charge in [-0.25, -0.2) is 4.79 Å². The van der Waals surface area contributed by atoms with Crippen LogP contribution in [0.25, 0.3) is 0 Å². The lowest BCUT2D eigenvalue weighted by atomic mass is 10.0. The summed E-state index contributed by atoms with van der Waals surface area (Å²) in [4.78, 5) is 11.4. The number of ether oxygens (including phenoxy) is 1. The molecule has 0 radical (unpaired) electrons. The number of aliphatic carboxylic acids is 1. The molecule has 2 aromatic carbocycles. The van der Waals surface area contributed by atoms with Crippen molar-refractivity contribution >= 4 is 17.6 Å². The third-order valence-electron chi connectivity index (χ3n) is 3.33. The highest BCUT2D eigenvalue weighted by Crippen LogP contribution is 2.22. The van der Waals surface area contributed by atoms with Gasteiger partial charge in [-0.3, -0.25) is 0 Å². The molecule has 2 rings (SSSR count). The summed E-state index contributed by atoms with van der Waals surface area (Å²) >= 11 is 6.07. The Hall–Kier alpha value is -2.00. The van der Waals surface area contributed by atoms with Gasteiger partial charge < -0.3 is 9.84 Å². The normalized spacial score (nSPS) is 12.0. The Morgan fingerprint density at radius 2 is 1.95 bits per heavy atom. The summed E-state index contributed by atoms with van der Waals surface area (Å²) in [6.07, 6.45) is -0.667. The van der Waals surface area contributed by atoms with E-state index in [0.29, 0.717) is 10.8 Å². The topological polar surface area (TPSA) is 46.5 Å². The third kappa shape index (κ3) is 3.99. The minimum absolute atomic E-state index is 0.273. The van der Waals surface area contributed by atoms with Crippen LogP contribution in [0.1, 0.15) is 16.7 Å². The molecule has 3 nitrogen and oxygen atoms in total. The molecule has 1 N–H and O–H groups in total. The summed E-state index contributed by atoms with van der Waals surface area (Å²) in [5.74, 6) is -0.432. The number of aryl methyl sites for hydroxylation is 1. The smallest absolute Gasteiger partial charge is 0.345 e. The van der Waals surface area contributed by atoms with Crippen LogP contribution in [0, 0.1) is 13.8 Å². The van der Waals surface area contributed by atoms with Crippen molar-refractivity contribution in [1.82, 2.24) is 0 Å². The quantitative estimate of drug-likeness (QED) is 0.907. The first kappa shape index (κ1) is 15.4. The van der Waals surface area contributed by atoms with Crippen LogP contribution in [-0.2, 0) is 11.2 Å². The summed E-state index contributed by atoms with van der Waals surface area (Å²) in [5, 5.41) is 10.00. The summed E-state index contributed by atoms with van der Waals surface area (Å²) in [6.45, 7) is 3.81. The minimum atomic E-state index is -0.990. The number of carboxylic acids is 1. The second-order valence-electron chi connectivity index (χ2n) is 4.99. The van der Waals surface area contributed by atoms with E-state index in [4.69, 9.17) is 16.3 Å². The first-order chi connectivity index (χ1) is 9.97. The molecule has 21 heavy (non-hydrogen) atoms. The van der Waals surface area contributed by atoms with Gasteiger partial charge >= 0.3 is 5.97 Å². The third-order valence-corrected chi connectivity index (χ3v) is 3.74. The Labute approximate surface area is 129 Å². The molecule has 0 saturated heterocycles. The highest BCUT2D eigenvalue weighted by atomic mass is 35.5. The predicted molar refractivity (Wildman–Crippen MR) is 83.1 cm³/mol. The Kier molecular flexibility index (Phi) is 4.86. The van der Waals surface area contributed by atoms with Gasteiger partial charge in [0.1, 0.15) is 5.75 Å². The lowest BCUT2D eigenvalue weighted by Gasteiger charge is -2.17. The Morgan fingerprint density at radius 3 is 2.62 bits per heavy atom. The molecule has 110 valence electrons. The average molecular weight is 305 g/mol. The monoisotopic (exact) mass is 304 g/mol. The van der Waals surface area contributed by atoms with Crippen molar-refractivity contribution in [1.29, 1.82) is 0 Å². The molecule has 0 aliphatic heterocycles. The van der Waals surface area contributed by atoms with Gasteiger partial charge in [0.05, 0.1) is 0 Å². The maximum absolute atomic E-state index is 11.4. The Bertz CT molecular complexity index is 652. The number of carbonyl (C=O) groups is 1. The first-order valence-electron chi connectivity index (χ1n) is 6.67. The Morgan fingerprint density at radius 1 is 1.24 bits per heavy atom. The number of rotatable bonds is 5.